The lowest BCUT2D eigenvalue weighted by Crippen LogP contribution is -2.36. The summed E-state index contributed by atoms with van der Waals surface area (Å²) >= 11 is 0. The number of benzene rings is 2. The van der Waals surface area contributed by atoms with Crippen LogP contribution in [0.4, 0.5) is 4.79 Å². The van der Waals surface area contributed by atoms with Gasteiger partial charge in [0.1, 0.15) is 17.2 Å². The molecule has 2 amide bonds. The zero-order valence-corrected chi connectivity index (χ0v) is 33.7. The van der Waals surface area contributed by atoms with E-state index in [4.69, 9.17) is 9.72 Å². The summed E-state index contributed by atoms with van der Waals surface area (Å²) in [5.41, 5.74) is 4.96. The third-order valence-corrected chi connectivity index (χ3v) is 9.08. The molecule has 0 bridgehead atoms. The molecule has 50 heavy (non-hydrogen) atoms. The van der Waals surface area contributed by atoms with E-state index in [-0.39, 0.29) is 84.0 Å². The fourth-order valence-electron chi connectivity index (χ4n) is 6.25. The Morgan fingerprint density at radius 3 is 2.08 bits per heavy atom. The quantitative estimate of drug-likeness (QED) is 0.202. The second kappa shape index (κ2) is 17.8. The molecule has 0 spiro atoms. The van der Waals surface area contributed by atoms with Crippen molar-refractivity contribution in [3.8, 4) is 23.1 Å². The van der Waals surface area contributed by atoms with Gasteiger partial charge in [-0.1, -0.05) is 44.7 Å². The van der Waals surface area contributed by atoms with Gasteiger partial charge in [-0.25, -0.2) is 14.8 Å². The average Bonchev–Trinajstić information content (AvgIpc) is 3.83. The standard InChI is InChI=1S/C37H44N6O3.4H2S/c1-23(2)24(3)35(44)42-19-7-10-32(42)34-39-28-18-15-26(21-29(28)40-34)12-11-25-13-16-27(17-14-25)30-22-38-33(41-30)31-9-8-20-43(31)36(45)46-37(4,5)6;;;;/h13-18,21-24,31-32H,7-10,19-20H2,1-6H3,(H,38,41)(H,39,40);4*1H2/t24-,31-,32-;;;;/m0..../s1. The van der Waals surface area contributed by atoms with Crippen LogP contribution >= 0.6 is 54.0 Å². The van der Waals surface area contributed by atoms with Crippen molar-refractivity contribution in [2.75, 3.05) is 13.1 Å². The first-order chi connectivity index (χ1) is 22.0. The van der Waals surface area contributed by atoms with Crippen LogP contribution in [-0.2, 0) is 9.53 Å². The fourth-order valence-corrected chi connectivity index (χ4v) is 6.25. The monoisotopic (exact) mass is 756 g/mol. The smallest absolute Gasteiger partial charge is 0.410 e. The maximum Gasteiger partial charge on any atom is 0.410 e. The number of likely N-dealkylation sites (tertiary alicyclic amines) is 2. The van der Waals surface area contributed by atoms with Gasteiger partial charge in [0.15, 0.2) is 0 Å². The van der Waals surface area contributed by atoms with Crippen molar-refractivity contribution in [3.63, 3.8) is 0 Å². The predicted octanol–water partition coefficient (Wildman–Crippen LogP) is 7.83. The zero-order chi connectivity index (χ0) is 32.6. The molecule has 2 aliphatic heterocycles. The number of nitrogens with one attached hydrogen (secondary N) is 2. The van der Waals surface area contributed by atoms with Crippen molar-refractivity contribution >= 4 is 77.0 Å². The Bertz CT molecular complexity index is 1810. The number of H-pyrrole nitrogens is 2. The number of imidazole rings is 2. The summed E-state index contributed by atoms with van der Waals surface area (Å²) < 4.78 is 5.62. The van der Waals surface area contributed by atoms with Crippen LogP contribution in [0, 0.1) is 23.7 Å². The van der Waals surface area contributed by atoms with Crippen LogP contribution in [0.25, 0.3) is 22.3 Å². The molecule has 4 aromatic rings. The van der Waals surface area contributed by atoms with Gasteiger partial charge in [0.25, 0.3) is 0 Å². The van der Waals surface area contributed by atoms with Gasteiger partial charge in [0, 0.05) is 30.1 Å². The maximum absolute atomic E-state index is 13.1. The van der Waals surface area contributed by atoms with E-state index in [9.17, 15) is 9.59 Å². The average molecular weight is 757 g/mol. The first kappa shape index (κ1) is 43.0. The summed E-state index contributed by atoms with van der Waals surface area (Å²) in [6.07, 6.45) is 5.20. The van der Waals surface area contributed by atoms with Crippen molar-refractivity contribution in [3.05, 3.63) is 71.4 Å². The van der Waals surface area contributed by atoms with Gasteiger partial charge in [-0.2, -0.15) is 54.0 Å². The maximum atomic E-state index is 13.1. The van der Waals surface area contributed by atoms with E-state index in [0.717, 1.165) is 77.3 Å². The highest BCUT2D eigenvalue weighted by atomic mass is 32.1. The number of carbonyl (C=O) groups is 2. The van der Waals surface area contributed by atoms with Crippen LogP contribution in [-0.4, -0.2) is 60.4 Å². The number of aromatic nitrogens is 4. The van der Waals surface area contributed by atoms with E-state index in [0.29, 0.717) is 12.5 Å². The summed E-state index contributed by atoms with van der Waals surface area (Å²) in [7, 11) is 0. The second-order valence-electron chi connectivity index (χ2n) is 13.9. The molecule has 2 aromatic carbocycles. The SMILES string of the molecule is CC(C)[C@H](C)C(=O)N1CCC[C@H]1c1nc2ccc(C#Cc3ccc(-c4cnc([C@@H]5CCCN5C(=O)OC(C)(C)C)[nH]4)cc3)cc2[nH]1.S.S.S.S. The van der Waals surface area contributed by atoms with Gasteiger partial charge in [0.05, 0.1) is 35.0 Å². The molecule has 272 valence electrons. The van der Waals surface area contributed by atoms with Gasteiger partial charge in [-0.15, -0.1) is 0 Å². The van der Waals surface area contributed by atoms with Crippen molar-refractivity contribution in [1.29, 1.82) is 0 Å². The van der Waals surface area contributed by atoms with Crippen LogP contribution in [0.2, 0.25) is 0 Å². The van der Waals surface area contributed by atoms with Crippen molar-refractivity contribution < 1.29 is 14.3 Å². The third kappa shape index (κ3) is 9.57. The molecule has 13 heteroatoms. The van der Waals surface area contributed by atoms with Crippen molar-refractivity contribution in [1.82, 2.24) is 29.7 Å². The zero-order valence-electron chi connectivity index (χ0n) is 29.7. The van der Waals surface area contributed by atoms with E-state index in [2.05, 4.69) is 40.6 Å². The number of carbonyl (C=O) groups excluding carboxylic acids is 2. The molecule has 4 heterocycles. The first-order valence-corrected chi connectivity index (χ1v) is 16.4. The fraction of sp³-hybridized carbons (Fsp3) is 0.459. The molecule has 0 saturated carbocycles. The Morgan fingerprint density at radius 1 is 0.840 bits per heavy atom. The van der Waals surface area contributed by atoms with Crippen LogP contribution in [0.3, 0.4) is 0 Å². The Hall–Kier alpha value is -3.18. The van der Waals surface area contributed by atoms with E-state index in [1.807, 2.05) is 81.3 Å². The Balaban J connectivity index is 0.00000217. The van der Waals surface area contributed by atoms with Crippen LogP contribution in [0.1, 0.15) is 102 Å². The lowest BCUT2D eigenvalue weighted by Gasteiger charge is -2.27. The van der Waals surface area contributed by atoms with Crippen LogP contribution in [0.15, 0.2) is 48.7 Å². The number of nitrogens with zero attached hydrogens (tertiary/aromatic N) is 4. The molecule has 0 radical (unpaired) electrons. The summed E-state index contributed by atoms with van der Waals surface area (Å²) in [4.78, 5) is 46.0. The Morgan fingerprint density at radius 2 is 1.44 bits per heavy atom. The number of amides is 2. The largest absolute Gasteiger partial charge is 0.444 e. The highest BCUT2D eigenvalue weighted by Gasteiger charge is 2.36. The molecule has 2 saturated heterocycles. The number of hydrogen-bond acceptors (Lipinski definition) is 5. The lowest BCUT2D eigenvalue weighted by molar-refractivity contribution is -0.137. The van der Waals surface area contributed by atoms with Gasteiger partial charge in [-0.3, -0.25) is 9.69 Å². The molecule has 2 N–H and O–H groups in total. The normalized spacial score (nSPS) is 17.5. The summed E-state index contributed by atoms with van der Waals surface area (Å²) in [5.74, 6) is 8.70. The molecular formula is C37H52N6O3S4. The minimum atomic E-state index is -0.537. The Labute approximate surface area is 323 Å². The van der Waals surface area contributed by atoms with Gasteiger partial charge >= 0.3 is 6.09 Å². The number of fused-ring (bicyclic) bond motifs is 1. The van der Waals surface area contributed by atoms with Gasteiger partial charge in [-0.05, 0) is 88.3 Å². The van der Waals surface area contributed by atoms with Gasteiger partial charge < -0.3 is 19.6 Å². The van der Waals surface area contributed by atoms with E-state index in [1.165, 1.54) is 0 Å². The number of aromatic amines is 2. The molecule has 6 rings (SSSR count). The molecule has 0 aliphatic carbocycles. The predicted molar refractivity (Wildman–Crippen MR) is 220 cm³/mol. The van der Waals surface area contributed by atoms with Crippen molar-refractivity contribution in [2.24, 2.45) is 11.8 Å². The van der Waals surface area contributed by atoms with E-state index >= 15 is 0 Å². The van der Waals surface area contributed by atoms with E-state index in [1.54, 1.807) is 4.90 Å². The lowest BCUT2D eigenvalue weighted by atomic mass is 9.96. The molecule has 2 aliphatic rings. The minimum absolute atomic E-state index is 0. The van der Waals surface area contributed by atoms with Crippen LogP contribution < -0.4 is 0 Å². The molecule has 9 nitrogen and oxygen atoms in total. The molecule has 2 fully saturated rings. The molecule has 2 aromatic heterocycles. The topological polar surface area (TPSA) is 107 Å². The number of rotatable bonds is 5. The minimum Gasteiger partial charge on any atom is -0.444 e. The summed E-state index contributed by atoms with van der Waals surface area (Å²) in [6, 6.07) is 13.9. The van der Waals surface area contributed by atoms with Crippen LogP contribution in [0.5, 0.6) is 0 Å². The van der Waals surface area contributed by atoms with Crippen molar-refractivity contribution in [2.45, 2.75) is 84.9 Å². The number of ether oxygens (including phenoxy) is 1. The highest BCUT2D eigenvalue weighted by molar-refractivity contribution is 7.59. The summed E-state index contributed by atoms with van der Waals surface area (Å²) in [6.45, 7) is 13.3. The van der Waals surface area contributed by atoms with Gasteiger partial charge in [0.2, 0.25) is 5.91 Å². The Kier molecular flexibility index (Phi) is 15.3. The molecule has 0 unspecified atom stereocenters. The number of hydrogen-bond donors (Lipinski definition) is 2. The first-order valence-electron chi connectivity index (χ1n) is 16.4. The third-order valence-electron chi connectivity index (χ3n) is 9.08. The summed E-state index contributed by atoms with van der Waals surface area (Å²) in [5, 5.41) is 0. The van der Waals surface area contributed by atoms with E-state index < -0.39 is 5.60 Å². The molecular weight excluding hydrogens is 705 g/mol. The second-order valence-corrected chi connectivity index (χ2v) is 13.9. The molecule has 3 atom stereocenters. The highest BCUT2D eigenvalue weighted by Crippen LogP contribution is 2.34.